The number of hydrogen-bond acceptors (Lipinski definition) is 3. The zero-order valence-electron chi connectivity index (χ0n) is 11.6. The molecule has 0 aliphatic rings. The smallest absolute Gasteiger partial charge is 0.0975 e. The fourth-order valence-electron chi connectivity index (χ4n) is 1.84. The lowest BCUT2D eigenvalue weighted by Gasteiger charge is -2.14. The van der Waals surface area contributed by atoms with E-state index in [0.29, 0.717) is 12.3 Å². The summed E-state index contributed by atoms with van der Waals surface area (Å²) in [6.45, 7) is 10.3. The van der Waals surface area contributed by atoms with Crippen LogP contribution in [0, 0.1) is 19.8 Å². The molecule has 0 aliphatic heterocycles. The Morgan fingerprint density at radius 1 is 1.12 bits per heavy atom. The number of aliphatic hydroxyl groups excluding tert-OH is 1. The van der Waals surface area contributed by atoms with Gasteiger partial charge in [0.15, 0.2) is 0 Å². The standard InChI is InChI=1S/C14H24N2O/c1-6-13(17)14-11(5)15-12(10(4)16-14)8-7-9(2)3/h9,13,17H,6-8H2,1-5H3. The van der Waals surface area contributed by atoms with E-state index in [9.17, 15) is 5.11 Å². The van der Waals surface area contributed by atoms with Crippen LogP contribution in [0.1, 0.15) is 62.5 Å². The highest BCUT2D eigenvalue weighted by Crippen LogP contribution is 2.19. The van der Waals surface area contributed by atoms with E-state index < -0.39 is 6.10 Å². The van der Waals surface area contributed by atoms with Gasteiger partial charge in [-0.15, -0.1) is 0 Å². The van der Waals surface area contributed by atoms with Gasteiger partial charge in [0.1, 0.15) is 0 Å². The van der Waals surface area contributed by atoms with Gasteiger partial charge < -0.3 is 5.11 Å². The third-order valence-corrected chi connectivity index (χ3v) is 3.04. The normalized spacial score (nSPS) is 13.1. The Balaban J connectivity index is 2.93. The zero-order chi connectivity index (χ0) is 13.0. The molecular formula is C14H24N2O. The number of aromatic nitrogens is 2. The molecule has 1 atom stereocenters. The fourth-order valence-corrected chi connectivity index (χ4v) is 1.84. The second kappa shape index (κ2) is 6.10. The van der Waals surface area contributed by atoms with Crippen LogP contribution < -0.4 is 0 Å². The Labute approximate surface area is 104 Å². The van der Waals surface area contributed by atoms with Gasteiger partial charge in [-0.25, -0.2) is 0 Å². The Morgan fingerprint density at radius 3 is 2.29 bits per heavy atom. The molecule has 96 valence electrons. The van der Waals surface area contributed by atoms with E-state index in [4.69, 9.17) is 0 Å². The Hall–Kier alpha value is -0.960. The molecular weight excluding hydrogens is 212 g/mol. The molecule has 0 bridgehead atoms. The third-order valence-electron chi connectivity index (χ3n) is 3.04. The second-order valence-electron chi connectivity index (χ2n) is 5.08. The van der Waals surface area contributed by atoms with Gasteiger partial charge >= 0.3 is 0 Å². The van der Waals surface area contributed by atoms with Crippen LogP contribution in [-0.2, 0) is 6.42 Å². The third kappa shape index (κ3) is 3.77. The van der Waals surface area contributed by atoms with E-state index in [1.54, 1.807) is 0 Å². The molecule has 1 heterocycles. The summed E-state index contributed by atoms with van der Waals surface area (Å²) in [5.41, 5.74) is 3.63. The maximum Gasteiger partial charge on any atom is 0.0975 e. The first kappa shape index (κ1) is 14.1. The molecule has 0 aliphatic carbocycles. The molecule has 0 amide bonds. The average molecular weight is 236 g/mol. The van der Waals surface area contributed by atoms with Crippen molar-refractivity contribution in [2.45, 2.75) is 60.0 Å². The van der Waals surface area contributed by atoms with Crippen molar-refractivity contribution in [3.05, 3.63) is 22.8 Å². The quantitative estimate of drug-likeness (QED) is 0.854. The highest BCUT2D eigenvalue weighted by molar-refractivity contribution is 5.20. The van der Waals surface area contributed by atoms with Crippen LogP contribution in [0.4, 0.5) is 0 Å². The van der Waals surface area contributed by atoms with E-state index in [1.807, 2.05) is 20.8 Å². The molecule has 0 saturated carbocycles. The van der Waals surface area contributed by atoms with Gasteiger partial charge in [0.2, 0.25) is 0 Å². The first-order valence-electron chi connectivity index (χ1n) is 6.47. The first-order valence-corrected chi connectivity index (χ1v) is 6.47. The van der Waals surface area contributed by atoms with Crippen LogP contribution >= 0.6 is 0 Å². The van der Waals surface area contributed by atoms with Gasteiger partial charge in [0, 0.05) is 0 Å². The molecule has 0 saturated heterocycles. The number of hydrogen-bond donors (Lipinski definition) is 1. The van der Waals surface area contributed by atoms with Crippen LogP contribution in [0.15, 0.2) is 0 Å². The maximum absolute atomic E-state index is 9.84. The number of nitrogens with zero attached hydrogens (tertiary/aromatic N) is 2. The van der Waals surface area contributed by atoms with Gasteiger partial charge in [-0.05, 0) is 39.0 Å². The van der Waals surface area contributed by atoms with Crippen LogP contribution in [0.5, 0.6) is 0 Å². The van der Waals surface area contributed by atoms with Crippen molar-refractivity contribution in [2.75, 3.05) is 0 Å². The summed E-state index contributed by atoms with van der Waals surface area (Å²) in [4.78, 5) is 9.10. The van der Waals surface area contributed by atoms with Crippen molar-refractivity contribution >= 4 is 0 Å². The van der Waals surface area contributed by atoms with E-state index in [2.05, 4.69) is 23.8 Å². The van der Waals surface area contributed by atoms with E-state index >= 15 is 0 Å². The largest absolute Gasteiger partial charge is 0.387 e. The zero-order valence-corrected chi connectivity index (χ0v) is 11.6. The van der Waals surface area contributed by atoms with Gasteiger partial charge in [0.25, 0.3) is 0 Å². The average Bonchev–Trinajstić information content (AvgIpc) is 2.28. The lowest BCUT2D eigenvalue weighted by atomic mass is 10.0. The van der Waals surface area contributed by atoms with E-state index in [0.717, 1.165) is 35.6 Å². The summed E-state index contributed by atoms with van der Waals surface area (Å²) in [6, 6.07) is 0. The molecule has 1 aromatic rings. The van der Waals surface area contributed by atoms with Crippen molar-refractivity contribution in [2.24, 2.45) is 5.92 Å². The molecule has 0 fully saturated rings. The minimum atomic E-state index is -0.486. The number of aryl methyl sites for hydroxylation is 3. The predicted octanol–water partition coefficient (Wildman–Crippen LogP) is 3.13. The van der Waals surface area contributed by atoms with E-state index in [-0.39, 0.29) is 0 Å². The van der Waals surface area contributed by atoms with Crippen LogP contribution in [-0.4, -0.2) is 15.1 Å². The summed E-state index contributed by atoms with van der Waals surface area (Å²) in [6.07, 6.45) is 2.30. The van der Waals surface area contributed by atoms with Crippen molar-refractivity contribution in [1.29, 1.82) is 0 Å². The fraction of sp³-hybridized carbons (Fsp3) is 0.714. The van der Waals surface area contributed by atoms with Crippen molar-refractivity contribution in [1.82, 2.24) is 9.97 Å². The maximum atomic E-state index is 9.84. The second-order valence-corrected chi connectivity index (χ2v) is 5.08. The summed E-state index contributed by atoms with van der Waals surface area (Å²) < 4.78 is 0. The van der Waals surface area contributed by atoms with Gasteiger partial charge in [-0.1, -0.05) is 20.8 Å². The summed E-state index contributed by atoms with van der Waals surface area (Å²) in [5, 5.41) is 9.84. The molecule has 0 radical (unpaired) electrons. The van der Waals surface area contributed by atoms with Gasteiger partial charge in [-0.3, -0.25) is 9.97 Å². The molecule has 0 spiro atoms. The van der Waals surface area contributed by atoms with Crippen molar-refractivity contribution < 1.29 is 5.11 Å². The topological polar surface area (TPSA) is 46.0 Å². The van der Waals surface area contributed by atoms with Crippen LogP contribution in [0.2, 0.25) is 0 Å². The molecule has 0 aromatic carbocycles. The Bertz CT molecular complexity index is 375. The monoisotopic (exact) mass is 236 g/mol. The highest BCUT2D eigenvalue weighted by Gasteiger charge is 2.14. The van der Waals surface area contributed by atoms with E-state index in [1.165, 1.54) is 0 Å². The molecule has 3 heteroatoms. The SMILES string of the molecule is CCC(O)c1nc(C)c(CCC(C)C)nc1C. The minimum Gasteiger partial charge on any atom is -0.387 e. The summed E-state index contributed by atoms with van der Waals surface area (Å²) in [7, 11) is 0. The highest BCUT2D eigenvalue weighted by atomic mass is 16.3. The predicted molar refractivity (Wildman–Crippen MR) is 69.9 cm³/mol. The molecule has 1 N–H and O–H groups in total. The van der Waals surface area contributed by atoms with Crippen LogP contribution in [0.3, 0.4) is 0 Å². The molecule has 17 heavy (non-hydrogen) atoms. The van der Waals surface area contributed by atoms with Gasteiger partial charge in [-0.2, -0.15) is 0 Å². The van der Waals surface area contributed by atoms with Crippen LogP contribution in [0.25, 0.3) is 0 Å². The van der Waals surface area contributed by atoms with Crippen molar-refractivity contribution in [3.8, 4) is 0 Å². The summed E-state index contributed by atoms with van der Waals surface area (Å²) in [5.74, 6) is 0.678. The molecule has 3 nitrogen and oxygen atoms in total. The van der Waals surface area contributed by atoms with Crippen molar-refractivity contribution in [3.63, 3.8) is 0 Å². The van der Waals surface area contributed by atoms with Gasteiger partial charge in [0.05, 0.1) is 28.9 Å². The summed E-state index contributed by atoms with van der Waals surface area (Å²) >= 11 is 0. The molecule has 1 aromatic heterocycles. The lowest BCUT2D eigenvalue weighted by Crippen LogP contribution is -2.09. The minimum absolute atomic E-state index is 0.486. The molecule has 1 unspecified atom stereocenters. The number of rotatable bonds is 5. The Kier molecular flexibility index (Phi) is 5.06. The number of aliphatic hydroxyl groups is 1. The molecule has 1 rings (SSSR count). The lowest BCUT2D eigenvalue weighted by molar-refractivity contribution is 0.167. The first-order chi connectivity index (χ1) is 7.95. The Morgan fingerprint density at radius 2 is 1.76 bits per heavy atom.